The van der Waals surface area contributed by atoms with Crippen molar-refractivity contribution in [1.29, 1.82) is 0 Å². The fourth-order valence-corrected chi connectivity index (χ4v) is 2.87. The van der Waals surface area contributed by atoms with Crippen LogP contribution in [0.2, 0.25) is 0 Å². The minimum Gasteiger partial charge on any atom is -0.398 e. The third kappa shape index (κ3) is 2.59. The third-order valence-electron chi connectivity index (χ3n) is 2.70. The summed E-state index contributed by atoms with van der Waals surface area (Å²) >= 11 is 0. The normalized spacial score (nSPS) is 11.5. The Morgan fingerprint density at radius 2 is 1.83 bits per heavy atom. The topological polar surface area (TPSA) is 68.9 Å². The van der Waals surface area contributed by atoms with Crippen LogP contribution in [0.3, 0.4) is 0 Å². The molecule has 0 saturated carbocycles. The molecule has 0 aliphatic carbocycles. The molecule has 0 fully saturated rings. The molecule has 0 atom stereocenters. The second kappa shape index (κ2) is 4.54. The van der Waals surface area contributed by atoms with Gasteiger partial charge in [-0.05, 0) is 44.5 Å². The Morgan fingerprint density at radius 3 is 2.39 bits per heavy atom. The van der Waals surface area contributed by atoms with Crippen LogP contribution in [0.25, 0.3) is 11.3 Å². The molecule has 0 aliphatic rings. The number of aromatic nitrogens is 2. The van der Waals surface area contributed by atoms with Gasteiger partial charge in [0.15, 0.2) is 0 Å². The largest absolute Gasteiger partial charge is 0.398 e. The molecular weight excluding hydrogens is 245 g/mol. The fourth-order valence-electron chi connectivity index (χ4n) is 1.72. The molecule has 1 heterocycles. The van der Waals surface area contributed by atoms with Crippen molar-refractivity contribution in [2.45, 2.75) is 6.92 Å². The Labute approximate surface area is 107 Å². The Hall–Kier alpha value is -1.67. The van der Waals surface area contributed by atoms with Gasteiger partial charge in [0.2, 0.25) is 0 Å². The summed E-state index contributed by atoms with van der Waals surface area (Å²) < 4.78 is 12.2. The molecule has 0 amide bonds. The van der Waals surface area contributed by atoms with Gasteiger partial charge >= 0.3 is 0 Å². The second-order valence-corrected chi connectivity index (χ2v) is 7.87. The average Bonchev–Trinajstić information content (AvgIpc) is 2.29. The molecule has 0 saturated heterocycles. The maximum atomic E-state index is 12.2. The first kappa shape index (κ1) is 12.8. The molecule has 2 N–H and O–H groups in total. The molecule has 0 radical (unpaired) electrons. The van der Waals surface area contributed by atoms with Crippen LogP contribution in [-0.4, -0.2) is 23.5 Å². The Balaban J connectivity index is 2.54. The van der Waals surface area contributed by atoms with Gasteiger partial charge in [0.1, 0.15) is 7.14 Å². The van der Waals surface area contributed by atoms with Gasteiger partial charge in [-0.2, -0.15) is 10.2 Å². The van der Waals surface area contributed by atoms with E-state index in [1.807, 2.05) is 31.2 Å². The molecule has 0 spiro atoms. The predicted molar refractivity (Wildman–Crippen MR) is 75.7 cm³/mol. The van der Waals surface area contributed by atoms with E-state index in [-0.39, 0.29) is 0 Å². The van der Waals surface area contributed by atoms with Gasteiger partial charge in [0, 0.05) is 16.6 Å². The lowest BCUT2D eigenvalue weighted by atomic mass is 10.1. The van der Waals surface area contributed by atoms with Crippen molar-refractivity contribution in [3.8, 4) is 11.3 Å². The van der Waals surface area contributed by atoms with Gasteiger partial charge in [0.25, 0.3) is 0 Å². The summed E-state index contributed by atoms with van der Waals surface area (Å²) in [5.74, 6) is 0. The average molecular weight is 261 g/mol. The molecule has 0 bridgehead atoms. The van der Waals surface area contributed by atoms with Gasteiger partial charge in [-0.3, -0.25) is 0 Å². The number of aryl methyl sites for hydroxylation is 1. The molecule has 4 nitrogen and oxygen atoms in total. The van der Waals surface area contributed by atoms with Gasteiger partial charge in [0.05, 0.1) is 11.4 Å². The number of anilines is 1. The van der Waals surface area contributed by atoms with Crippen LogP contribution in [0.5, 0.6) is 0 Å². The van der Waals surface area contributed by atoms with Crippen LogP contribution in [-0.2, 0) is 4.57 Å². The Kier molecular flexibility index (Phi) is 3.22. The summed E-state index contributed by atoms with van der Waals surface area (Å²) in [6.45, 7) is 5.31. The molecule has 18 heavy (non-hydrogen) atoms. The van der Waals surface area contributed by atoms with E-state index >= 15 is 0 Å². The number of nitrogens with zero attached hydrogens (tertiary/aromatic N) is 2. The van der Waals surface area contributed by atoms with Crippen LogP contribution >= 0.6 is 7.14 Å². The van der Waals surface area contributed by atoms with E-state index in [0.717, 1.165) is 17.0 Å². The molecule has 0 unspecified atom stereocenters. The number of nitrogens with two attached hydrogens (primary N) is 1. The molecule has 2 rings (SSSR count). The lowest BCUT2D eigenvalue weighted by Gasteiger charge is -2.12. The molecule has 1 aromatic heterocycles. The van der Waals surface area contributed by atoms with E-state index in [9.17, 15) is 4.57 Å². The smallest absolute Gasteiger partial charge is 0.111 e. The highest BCUT2D eigenvalue weighted by molar-refractivity contribution is 7.70. The number of benzene rings is 1. The predicted octanol–water partition coefficient (Wildman–Crippen LogP) is 2.28. The second-order valence-electron chi connectivity index (χ2n) is 4.68. The minimum atomic E-state index is -2.39. The van der Waals surface area contributed by atoms with E-state index in [2.05, 4.69) is 10.2 Å². The lowest BCUT2D eigenvalue weighted by Crippen LogP contribution is -2.10. The highest BCUT2D eigenvalue weighted by atomic mass is 31.2. The highest BCUT2D eigenvalue weighted by Crippen LogP contribution is 2.38. The standard InChI is InChI=1S/C13H16N3OP/c1-9-4-7-12(16-15-9)10-5-6-11(14)13(8-10)18(2,3)17/h4-8H,14H2,1-3H3. The maximum Gasteiger partial charge on any atom is 0.111 e. The first-order valence-corrected chi connectivity index (χ1v) is 8.24. The SMILES string of the molecule is Cc1ccc(-c2ccc(N)c(P(C)(C)=O)c2)nn1. The van der Waals surface area contributed by atoms with Crippen LogP contribution in [0.4, 0.5) is 5.69 Å². The number of hydrogen-bond acceptors (Lipinski definition) is 4. The zero-order valence-electron chi connectivity index (χ0n) is 10.7. The molecule has 5 heteroatoms. The van der Waals surface area contributed by atoms with E-state index in [1.54, 1.807) is 19.4 Å². The van der Waals surface area contributed by atoms with E-state index in [1.165, 1.54) is 0 Å². The van der Waals surface area contributed by atoms with Crippen molar-refractivity contribution in [2.75, 3.05) is 19.1 Å². The van der Waals surface area contributed by atoms with E-state index in [4.69, 9.17) is 5.73 Å². The summed E-state index contributed by atoms with van der Waals surface area (Å²) in [7, 11) is -2.39. The first-order valence-electron chi connectivity index (χ1n) is 5.64. The summed E-state index contributed by atoms with van der Waals surface area (Å²) in [6.07, 6.45) is 0. The summed E-state index contributed by atoms with van der Waals surface area (Å²) in [6, 6.07) is 9.28. The molecule has 1 aromatic carbocycles. The molecular formula is C13H16N3OP. The van der Waals surface area contributed by atoms with E-state index < -0.39 is 7.14 Å². The summed E-state index contributed by atoms with van der Waals surface area (Å²) in [4.78, 5) is 0. The fraction of sp³-hybridized carbons (Fsp3) is 0.231. The maximum absolute atomic E-state index is 12.2. The van der Waals surface area contributed by atoms with E-state index in [0.29, 0.717) is 11.0 Å². The first-order chi connectivity index (χ1) is 8.38. The van der Waals surface area contributed by atoms with Crippen molar-refractivity contribution in [1.82, 2.24) is 10.2 Å². The van der Waals surface area contributed by atoms with Gasteiger partial charge in [-0.25, -0.2) is 0 Å². The van der Waals surface area contributed by atoms with Crippen molar-refractivity contribution in [3.05, 3.63) is 36.0 Å². The van der Waals surface area contributed by atoms with Crippen LogP contribution in [0.1, 0.15) is 5.69 Å². The van der Waals surface area contributed by atoms with Crippen LogP contribution in [0, 0.1) is 6.92 Å². The van der Waals surface area contributed by atoms with Gasteiger partial charge in [-0.1, -0.05) is 6.07 Å². The summed E-state index contributed by atoms with van der Waals surface area (Å²) in [5, 5.41) is 8.84. The van der Waals surface area contributed by atoms with Crippen molar-refractivity contribution < 1.29 is 4.57 Å². The zero-order chi connectivity index (χ0) is 13.3. The van der Waals surface area contributed by atoms with Crippen molar-refractivity contribution in [3.63, 3.8) is 0 Å². The van der Waals surface area contributed by atoms with Crippen molar-refractivity contribution >= 4 is 18.1 Å². The quantitative estimate of drug-likeness (QED) is 0.665. The highest BCUT2D eigenvalue weighted by Gasteiger charge is 2.16. The number of hydrogen-bond donors (Lipinski definition) is 1. The van der Waals surface area contributed by atoms with Crippen molar-refractivity contribution in [2.24, 2.45) is 0 Å². The minimum absolute atomic E-state index is 0.562. The van der Waals surface area contributed by atoms with Crippen LogP contribution in [0.15, 0.2) is 30.3 Å². The molecule has 2 aromatic rings. The Morgan fingerprint density at radius 1 is 1.11 bits per heavy atom. The van der Waals surface area contributed by atoms with Crippen LogP contribution < -0.4 is 11.0 Å². The zero-order valence-corrected chi connectivity index (χ0v) is 11.6. The lowest BCUT2D eigenvalue weighted by molar-refractivity contribution is 0.588. The summed E-state index contributed by atoms with van der Waals surface area (Å²) in [5.41, 5.74) is 8.94. The monoisotopic (exact) mass is 261 g/mol. The Bertz CT molecular complexity index is 617. The molecule has 0 aliphatic heterocycles. The number of rotatable bonds is 2. The van der Waals surface area contributed by atoms with Gasteiger partial charge < -0.3 is 10.3 Å². The number of nitrogen functional groups attached to an aromatic ring is 1. The van der Waals surface area contributed by atoms with Gasteiger partial charge in [-0.15, -0.1) is 0 Å². The molecule has 94 valence electrons. The third-order valence-corrected chi connectivity index (χ3v) is 4.25.